The van der Waals surface area contributed by atoms with E-state index in [1.165, 1.54) is 0 Å². The fraction of sp³-hybridized carbons (Fsp3) is 0.315. The number of epoxide rings is 4. The first kappa shape index (κ1) is 83.0. The lowest BCUT2D eigenvalue weighted by atomic mass is 9.80. The summed E-state index contributed by atoms with van der Waals surface area (Å²) in [5.41, 5.74) is 10.8. The highest BCUT2D eigenvalue weighted by Gasteiger charge is 2.44. The molecule has 4 saturated heterocycles. The Morgan fingerprint density at radius 2 is 0.500 bits per heavy atom. The maximum atomic E-state index is 16.7. The summed E-state index contributed by atoms with van der Waals surface area (Å²) in [5, 5.41) is 2.30. The van der Waals surface area contributed by atoms with E-state index in [1.54, 1.807) is 34.1 Å². The van der Waals surface area contributed by atoms with Crippen molar-refractivity contribution in [2.45, 2.75) is 181 Å². The third-order valence-electron chi connectivity index (χ3n) is 25.1. The summed E-state index contributed by atoms with van der Waals surface area (Å²) >= 11 is 0. The van der Waals surface area contributed by atoms with Gasteiger partial charge in [0, 0.05) is 95.0 Å². The summed E-state index contributed by atoms with van der Waals surface area (Å²) in [6, 6.07) is 70.0. The Bertz CT molecular complexity index is 5750. The molecule has 19 rings (SSSR count). The molecule has 0 radical (unpaired) electrons. The lowest BCUT2D eigenvalue weighted by Gasteiger charge is -2.33. The first-order valence-corrected chi connectivity index (χ1v) is 43.9. The Morgan fingerprint density at radius 1 is 0.294 bits per heavy atom. The molecule has 6 amide bonds. The number of hydrogen-bond acceptors (Lipinski definition) is 14. The van der Waals surface area contributed by atoms with Crippen LogP contribution in [-0.4, -0.2) is 119 Å². The molecule has 0 spiro atoms. The van der Waals surface area contributed by atoms with Crippen LogP contribution in [0.3, 0.4) is 0 Å². The van der Waals surface area contributed by atoms with Crippen LogP contribution in [0.4, 0.5) is 0 Å². The van der Waals surface area contributed by atoms with Crippen LogP contribution in [0.2, 0.25) is 0 Å². The highest BCUT2D eigenvalue weighted by atomic mass is 16.6. The molecular formula is C108H104N4O14. The molecule has 4 fully saturated rings. The minimum Gasteiger partial charge on any atom is -0.457 e. The molecule has 6 aliphatic heterocycles. The molecule has 6 aliphatic rings. The van der Waals surface area contributed by atoms with Crippen LogP contribution in [0.25, 0.3) is 43.1 Å². The monoisotopic (exact) mass is 1680 g/mol. The molecule has 4 unspecified atom stereocenters. The van der Waals surface area contributed by atoms with E-state index in [1.807, 2.05) is 146 Å². The van der Waals surface area contributed by atoms with Crippen molar-refractivity contribution in [3.05, 3.63) is 307 Å². The van der Waals surface area contributed by atoms with Gasteiger partial charge < -0.3 is 47.7 Å². The minimum absolute atomic E-state index is 0.0340. The number of ether oxygens (including phenoxy) is 8. The van der Waals surface area contributed by atoms with Crippen molar-refractivity contribution in [1.82, 2.24) is 19.6 Å². The van der Waals surface area contributed by atoms with E-state index in [-0.39, 0.29) is 128 Å². The lowest BCUT2D eigenvalue weighted by molar-refractivity contribution is -0.133. The van der Waals surface area contributed by atoms with E-state index < -0.39 is 48.5 Å². The highest BCUT2D eigenvalue weighted by molar-refractivity contribution is 6.45. The Morgan fingerprint density at radius 3 is 0.698 bits per heavy atom. The molecule has 4 atom stereocenters. The molecule has 18 heteroatoms. The van der Waals surface area contributed by atoms with Crippen LogP contribution in [0.5, 0.6) is 46.0 Å². The quantitative estimate of drug-likeness (QED) is 0.0194. The summed E-state index contributed by atoms with van der Waals surface area (Å²) in [4.78, 5) is 104. The van der Waals surface area contributed by atoms with Crippen LogP contribution >= 0.6 is 0 Å². The average Bonchev–Trinajstić information content (AvgIpc) is 1.21. The predicted octanol–water partition coefficient (Wildman–Crippen LogP) is 21.5. The van der Waals surface area contributed by atoms with Gasteiger partial charge in [0.15, 0.2) is 0 Å². The van der Waals surface area contributed by atoms with E-state index in [4.69, 9.17) is 37.9 Å². The van der Waals surface area contributed by atoms with E-state index in [2.05, 4.69) is 132 Å². The number of fused-ring (bicyclic) bond motifs is 2. The summed E-state index contributed by atoms with van der Waals surface area (Å²) in [5.74, 6) is -2.09. The predicted molar refractivity (Wildman–Crippen MR) is 487 cm³/mol. The minimum atomic E-state index is -0.767. The van der Waals surface area contributed by atoms with Gasteiger partial charge in [-0.05, 0) is 161 Å². The third kappa shape index (κ3) is 17.4. The molecule has 126 heavy (non-hydrogen) atoms. The molecule has 6 heterocycles. The summed E-state index contributed by atoms with van der Waals surface area (Å²) in [7, 11) is 0. The van der Waals surface area contributed by atoms with Gasteiger partial charge in [-0.15, -0.1) is 0 Å². The van der Waals surface area contributed by atoms with Gasteiger partial charge in [0.25, 0.3) is 23.6 Å². The third-order valence-corrected chi connectivity index (χ3v) is 25.1. The van der Waals surface area contributed by atoms with Crippen molar-refractivity contribution in [2.75, 3.05) is 39.5 Å². The smallest absolute Gasteiger partial charge is 0.262 e. The van der Waals surface area contributed by atoms with Gasteiger partial charge in [0.05, 0.1) is 73.1 Å². The van der Waals surface area contributed by atoms with Gasteiger partial charge in [-0.2, -0.15) is 0 Å². The number of carbonyl (C=O) groups is 6. The zero-order valence-electron chi connectivity index (χ0n) is 73.5. The molecule has 0 saturated carbocycles. The molecule has 13 aromatic rings. The molecule has 0 aromatic heterocycles. The van der Waals surface area contributed by atoms with Crippen LogP contribution < -0.4 is 18.9 Å². The van der Waals surface area contributed by atoms with Crippen LogP contribution in [-0.2, 0) is 102 Å². The lowest BCUT2D eigenvalue weighted by Crippen LogP contribution is -2.47. The van der Waals surface area contributed by atoms with Crippen molar-refractivity contribution >= 4 is 78.5 Å². The fourth-order valence-corrected chi connectivity index (χ4v) is 17.8. The SMILES string of the molecule is CC(C)(C)c1ccc(Oc2cc3c4c(cc(Oc5ccc(C(C)(C)C)cc5)c5c6c(Oc7ccc(C(C)(C)C)cc7)cc7c8c(cc(Oc9ccc(C(C)(C)C)cc9)c(c2c45)c86)C(=O)N(CC(=O)N(Cc2cccc(CC4CO4)c2)Cc2cccc(CC4CO4)c2)C7=O)C(=O)N(CC(=O)N(Cc2cccc(CC4CO4)c2)Cc2cccc(CC4CO4)c2)C3=O)cc1. The first-order valence-electron chi connectivity index (χ1n) is 43.9. The van der Waals surface area contributed by atoms with Gasteiger partial charge in [-0.25, -0.2) is 0 Å². The topological polar surface area (TPSA) is 202 Å². The van der Waals surface area contributed by atoms with Crippen molar-refractivity contribution in [3.8, 4) is 46.0 Å². The average molecular weight is 1680 g/mol. The summed E-state index contributed by atoms with van der Waals surface area (Å²) < 4.78 is 52.5. The van der Waals surface area contributed by atoms with Crippen molar-refractivity contribution in [2.24, 2.45) is 0 Å². The number of nitrogens with zero attached hydrogens (tertiary/aromatic N) is 4. The van der Waals surface area contributed by atoms with Crippen molar-refractivity contribution in [1.29, 1.82) is 0 Å². The second-order valence-electron chi connectivity index (χ2n) is 39.0. The number of rotatable bonds is 28. The molecular weight excluding hydrogens is 1580 g/mol. The number of benzene rings is 13. The maximum absolute atomic E-state index is 16.7. The van der Waals surface area contributed by atoms with Crippen LogP contribution in [0.15, 0.2) is 218 Å². The second kappa shape index (κ2) is 32.4. The van der Waals surface area contributed by atoms with E-state index >= 15 is 28.8 Å². The number of amides is 6. The molecule has 0 aliphatic carbocycles. The van der Waals surface area contributed by atoms with Gasteiger partial charge in [0.1, 0.15) is 59.1 Å². The Kier molecular flexibility index (Phi) is 21.4. The number of imide groups is 2. The van der Waals surface area contributed by atoms with E-state index in [0.29, 0.717) is 107 Å². The highest BCUT2D eigenvalue weighted by Crippen LogP contribution is 2.58. The number of hydrogen-bond donors (Lipinski definition) is 0. The molecule has 0 N–H and O–H groups in total. The van der Waals surface area contributed by atoms with Gasteiger partial charge in [-0.3, -0.25) is 38.6 Å². The van der Waals surface area contributed by atoms with Crippen molar-refractivity contribution in [3.63, 3.8) is 0 Å². The molecule has 640 valence electrons. The zero-order chi connectivity index (χ0) is 87.6. The second-order valence-corrected chi connectivity index (χ2v) is 39.0. The normalized spacial score (nSPS) is 17.2. The van der Waals surface area contributed by atoms with Gasteiger partial charge >= 0.3 is 0 Å². The largest absolute Gasteiger partial charge is 0.457 e. The Balaban J connectivity index is 0.844. The van der Waals surface area contributed by atoms with Crippen LogP contribution in [0, 0.1) is 0 Å². The first-order chi connectivity index (χ1) is 60.3. The van der Waals surface area contributed by atoms with E-state index in [0.717, 1.165) is 76.6 Å². The Hall–Kier alpha value is -12.6. The molecule has 13 aromatic carbocycles. The fourth-order valence-electron chi connectivity index (χ4n) is 17.8. The molecule has 18 nitrogen and oxygen atoms in total. The summed E-state index contributed by atoms with van der Waals surface area (Å²) in [6.07, 6.45) is 3.34. The summed E-state index contributed by atoms with van der Waals surface area (Å²) in [6.45, 7) is 27.5. The standard InChI is InChI=1S/C108H104N4O14/c1-105(2,3)71-25-33-75(34-26-71)123-87-49-83-93-84(102(116)111(101(83)115)57-91(113)109(53-67-21-13-17-63(41-67)45-79-59-119-79)54-68-22-14-18-64(42-68)46-80-60-120-80)51-89(125-77-37-29-73(30-38-77)107(7,8)9)97-98-90(126-78-39-31-74(32-40-78)108(10,11)12)52-86-94-85(50-88(96(100(94)98)95(87)99(93)97)124-76-35-27-72(28-36-76)106(4,5)6)103(117)112(104(86)118)58-92(114)110(55-69-23-15-19-65(43-69)47-81-61-121-81)56-70-24-16-20-66(44-70)48-82-62-122-82/h13-44,49-52,79-82H,45-48,53-62H2,1-12H3. The van der Waals surface area contributed by atoms with Crippen molar-refractivity contribution < 1.29 is 66.7 Å². The van der Waals surface area contributed by atoms with E-state index in [9.17, 15) is 0 Å². The number of carbonyl (C=O) groups excluding carboxylic acids is 6. The van der Waals surface area contributed by atoms with Gasteiger partial charge in [-0.1, -0.05) is 229 Å². The molecule has 0 bridgehead atoms. The maximum Gasteiger partial charge on any atom is 0.262 e. The van der Waals surface area contributed by atoms with Gasteiger partial charge in [0.2, 0.25) is 11.8 Å². The Labute approximate surface area is 734 Å². The van der Waals surface area contributed by atoms with Crippen LogP contribution in [0.1, 0.15) is 191 Å². The zero-order valence-corrected chi connectivity index (χ0v) is 73.5.